The Balaban J connectivity index is 1.62. The molecule has 0 saturated carbocycles. The van der Waals surface area contributed by atoms with Crippen molar-refractivity contribution in [3.05, 3.63) is 64.7 Å². The number of nitrogens with zero attached hydrogens (tertiary/aromatic N) is 2. The third-order valence-corrected chi connectivity index (χ3v) is 3.97. The minimum atomic E-state index is -1.14. The molecule has 0 fully saturated rings. The summed E-state index contributed by atoms with van der Waals surface area (Å²) in [6, 6.07) is 10.1. The first-order chi connectivity index (χ1) is 13.3. The average Bonchev–Trinajstić information content (AvgIpc) is 3.10. The minimum Gasteiger partial charge on any atom is -0.449 e. The normalized spacial score (nSPS) is 11.7. The van der Waals surface area contributed by atoms with Crippen molar-refractivity contribution in [3.63, 3.8) is 0 Å². The maximum Gasteiger partial charge on any atom is 0.338 e. The van der Waals surface area contributed by atoms with E-state index >= 15 is 0 Å². The van der Waals surface area contributed by atoms with Crippen molar-refractivity contribution < 1.29 is 23.2 Å². The van der Waals surface area contributed by atoms with E-state index in [1.54, 1.807) is 19.1 Å². The molecule has 28 heavy (non-hydrogen) atoms. The smallest absolute Gasteiger partial charge is 0.338 e. The van der Waals surface area contributed by atoms with E-state index in [4.69, 9.17) is 20.9 Å². The molecule has 0 radical (unpaired) electrons. The van der Waals surface area contributed by atoms with Gasteiger partial charge in [-0.3, -0.25) is 4.79 Å². The lowest BCUT2D eigenvalue weighted by Crippen LogP contribution is -2.30. The SMILES string of the molecule is Cc1noc(-c2ccc(C(=O)O[C@@H](C)C(=O)Nc3ccc(Cl)cc3F)cc2)n1. The van der Waals surface area contributed by atoms with Gasteiger partial charge in [-0.15, -0.1) is 0 Å². The number of anilines is 1. The Morgan fingerprint density at radius 3 is 2.54 bits per heavy atom. The number of benzene rings is 2. The van der Waals surface area contributed by atoms with Crippen LogP contribution in [0.25, 0.3) is 11.5 Å². The fourth-order valence-electron chi connectivity index (χ4n) is 2.27. The van der Waals surface area contributed by atoms with Gasteiger partial charge in [0.05, 0.1) is 11.3 Å². The van der Waals surface area contributed by atoms with Crippen molar-refractivity contribution >= 4 is 29.2 Å². The van der Waals surface area contributed by atoms with Crippen LogP contribution in [0.4, 0.5) is 10.1 Å². The van der Waals surface area contributed by atoms with Crippen molar-refractivity contribution in [2.45, 2.75) is 20.0 Å². The van der Waals surface area contributed by atoms with E-state index in [-0.39, 0.29) is 16.3 Å². The third kappa shape index (κ3) is 4.52. The number of rotatable bonds is 5. The van der Waals surface area contributed by atoms with E-state index in [0.717, 1.165) is 6.07 Å². The number of carbonyl (C=O) groups excluding carboxylic acids is 2. The standard InChI is InChI=1S/C19H15ClFN3O4/c1-10(17(25)23-16-8-7-14(20)9-15(16)21)27-19(26)13-5-3-12(4-6-13)18-22-11(2)24-28-18/h3-10H,1-2H3,(H,23,25)/t10-/m0/s1. The van der Waals surface area contributed by atoms with Crippen LogP contribution in [-0.2, 0) is 9.53 Å². The zero-order chi connectivity index (χ0) is 20.3. The first kappa shape index (κ1) is 19.5. The summed E-state index contributed by atoms with van der Waals surface area (Å²) in [7, 11) is 0. The molecule has 3 rings (SSSR count). The number of amides is 1. The Labute approximate surface area is 164 Å². The van der Waals surface area contributed by atoms with E-state index < -0.39 is 23.8 Å². The van der Waals surface area contributed by atoms with Gasteiger partial charge in [-0.25, -0.2) is 9.18 Å². The van der Waals surface area contributed by atoms with Gasteiger partial charge in [0.25, 0.3) is 11.8 Å². The van der Waals surface area contributed by atoms with Crippen LogP contribution >= 0.6 is 11.6 Å². The van der Waals surface area contributed by atoms with Crippen LogP contribution in [0.1, 0.15) is 23.1 Å². The maximum absolute atomic E-state index is 13.8. The molecule has 1 amide bonds. The molecule has 0 spiro atoms. The number of aryl methyl sites for hydroxylation is 1. The van der Waals surface area contributed by atoms with Crippen LogP contribution in [0, 0.1) is 12.7 Å². The molecule has 0 aliphatic heterocycles. The molecule has 1 atom stereocenters. The van der Waals surface area contributed by atoms with Crippen LogP contribution in [0.15, 0.2) is 47.0 Å². The zero-order valence-electron chi connectivity index (χ0n) is 14.9. The molecule has 0 bridgehead atoms. The topological polar surface area (TPSA) is 94.3 Å². The Morgan fingerprint density at radius 1 is 1.21 bits per heavy atom. The number of aromatic nitrogens is 2. The molecule has 0 aliphatic carbocycles. The summed E-state index contributed by atoms with van der Waals surface area (Å²) in [6.07, 6.45) is -1.14. The van der Waals surface area contributed by atoms with Crippen LogP contribution in [0.3, 0.4) is 0 Å². The summed E-state index contributed by atoms with van der Waals surface area (Å²) in [5.74, 6) is -1.24. The maximum atomic E-state index is 13.8. The van der Waals surface area contributed by atoms with Gasteiger partial charge in [-0.1, -0.05) is 16.8 Å². The number of hydrogen-bond acceptors (Lipinski definition) is 6. The molecule has 7 nitrogen and oxygen atoms in total. The number of ether oxygens (including phenoxy) is 1. The first-order valence-electron chi connectivity index (χ1n) is 8.21. The second-order valence-electron chi connectivity index (χ2n) is 5.89. The van der Waals surface area contributed by atoms with Crippen LogP contribution < -0.4 is 5.32 Å². The first-order valence-corrected chi connectivity index (χ1v) is 8.59. The predicted molar refractivity (Wildman–Crippen MR) is 99.4 cm³/mol. The van der Waals surface area contributed by atoms with Gasteiger partial charge < -0.3 is 14.6 Å². The quantitative estimate of drug-likeness (QED) is 0.646. The Kier molecular flexibility index (Phi) is 5.70. The number of halogens is 2. The Morgan fingerprint density at radius 2 is 1.93 bits per heavy atom. The highest BCUT2D eigenvalue weighted by Crippen LogP contribution is 2.20. The molecule has 1 N–H and O–H groups in total. The number of esters is 1. The lowest BCUT2D eigenvalue weighted by Gasteiger charge is -2.14. The lowest BCUT2D eigenvalue weighted by molar-refractivity contribution is -0.123. The van der Waals surface area contributed by atoms with Gasteiger partial charge in [-0.05, 0) is 56.3 Å². The van der Waals surface area contributed by atoms with E-state index in [2.05, 4.69) is 15.5 Å². The summed E-state index contributed by atoms with van der Waals surface area (Å²) in [4.78, 5) is 28.5. The molecule has 2 aromatic carbocycles. The predicted octanol–water partition coefficient (Wildman–Crippen LogP) is 4.02. The van der Waals surface area contributed by atoms with Crippen LogP contribution in [-0.4, -0.2) is 28.1 Å². The highest BCUT2D eigenvalue weighted by atomic mass is 35.5. The van der Waals surface area contributed by atoms with Crippen molar-refractivity contribution in [2.24, 2.45) is 0 Å². The minimum absolute atomic E-state index is 0.0588. The highest BCUT2D eigenvalue weighted by Gasteiger charge is 2.20. The lowest BCUT2D eigenvalue weighted by atomic mass is 10.1. The van der Waals surface area contributed by atoms with Gasteiger partial charge in [0, 0.05) is 10.6 Å². The second kappa shape index (κ2) is 8.18. The molecule has 3 aromatic rings. The van der Waals surface area contributed by atoms with E-state index in [9.17, 15) is 14.0 Å². The summed E-state index contributed by atoms with van der Waals surface area (Å²) >= 11 is 5.67. The van der Waals surface area contributed by atoms with E-state index in [1.165, 1.54) is 31.2 Å². The molecule has 0 unspecified atom stereocenters. The second-order valence-corrected chi connectivity index (χ2v) is 6.32. The van der Waals surface area contributed by atoms with Crippen molar-refractivity contribution in [2.75, 3.05) is 5.32 Å². The summed E-state index contributed by atoms with van der Waals surface area (Å²) in [6.45, 7) is 3.08. The molecule has 1 aromatic heterocycles. The van der Waals surface area contributed by atoms with Crippen LogP contribution in [0.2, 0.25) is 5.02 Å². The average molecular weight is 404 g/mol. The van der Waals surface area contributed by atoms with E-state index in [0.29, 0.717) is 17.3 Å². The van der Waals surface area contributed by atoms with Crippen molar-refractivity contribution in [1.82, 2.24) is 10.1 Å². The molecular formula is C19H15ClFN3O4. The monoisotopic (exact) mass is 403 g/mol. The fourth-order valence-corrected chi connectivity index (χ4v) is 2.43. The van der Waals surface area contributed by atoms with Gasteiger partial charge in [0.2, 0.25) is 0 Å². The molecule has 1 heterocycles. The van der Waals surface area contributed by atoms with Gasteiger partial charge in [0.15, 0.2) is 11.9 Å². The molecule has 0 aliphatic rings. The number of carbonyl (C=O) groups is 2. The number of nitrogens with one attached hydrogen (secondary N) is 1. The molecular weight excluding hydrogens is 389 g/mol. The van der Waals surface area contributed by atoms with Gasteiger partial charge in [-0.2, -0.15) is 4.98 Å². The van der Waals surface area contributed by atoms with E-state index in [1.807, 2.05) is 0 Å². The Hall–Kier alpha value is -3.26. The largest absolute Gasteiger partial charge is 0.449 e. The summed E-state index contributed by atoms with van der Waals surface area (Å²) < 4.78 is 23.9. The van der Waals surface area contributed by atoms with Crippen LogP contribution in [0.5, 0.6) is 0 Å². The molecule has 144 valence electrons. The third-order valence-electron chi connectivity index (χ3n) is 3.74. The molecule has 0 saturated heterocycles. The summed E-state index contributed by atoms with van der Waals surface area (Å²) in [5, 5.41) is 6.25. The Bertz CT molecular complexity index is 1020. The van der Waals surface area contributed by atoms with Crippen molar-refractivity contribution in [1.29, 1.82) is 0 Å². The zero-order valence-corrected chi connectivity index (χ0v) is 15.7. The fraction of sp³-hybridized carbons (Fsp3) is 0.158. The van der Waals surface area contributed by atoms with Gasteiger partial charge >= 0.3 is 5.97 Å². The molecule has 9 heteroatoms. The summed E-state index contributed by atoms with van der Waals surface area (Å²) in [5.41, 5.74) is 0.815. The number of hydrogen-bond donors (Lipinski definition) is 1. The van der Waals surface area contributed by atoms with Crippen molar-refractivity contribution in [3.8, 4) is 11.5 Å². The van der Waals surface area contributed by atoms with Gasteiger partial charge in [0.1, 0.15) is 5.82 Å². The highest BCUT2D eigenvalue weighted by molar-refractivity contribution is 6.30.